The average Bonchev–Trinajstić information content (AvgIpc) is 2.94. The van der Waals surface area contributed by atoms with Crippen molar-refractivity contribution in [3.8, 4) is 11.5 Å². The zero-order chi connectivity index (χ0) is 17.3. The van der Waals surface area contributed by atoms with Gasteiger partial charge in [-0.1, -0.05) is 6.07 Å². The molecule has 0 radical (unpaired) electrons. The molecule has 2 amide bonds. The number of amides is 2. The van der Waals surface area contributed by atoms with Gasteiger partial charge < -0.3 is 20.5 Å². The number of benzene rings is 2. The molecule has 0 aliphatic carbocycles. The van der Waals surface area contributed by atoms with Gasteiger partial charge in [-0.25, -0.2) is 0 Å². The van der Waals surface area contributed by atoms with E-state index in [1.165, 1.54) is 6.07 Å². The monoisotopic (exact) mass is 326 g/mol. The predicted molar refractivity (Wildman–Crippen MR) is 89.7 cm³/mol. The third-order valence-electron chi connectivity index (χ3n) is 3.85. The normalized spacial score (nSPS) is 15.3. The van der Waals surface area contributed by atoms with E-state index in [-0.39, 0.29) is 12.0 Å². The summed E-state index contributed by atoms with van der Waals surface area (Å²) >= 11 is 0. The van der Waals surface area contributed by atoms with E-state index in [4.69, 9.17) is 15.2 Å². The number of carbonyl (C=O) groups is 2. The number of anilines is 1. The number of methoxy groups -OCH3 is 1. The van der Waals surface area contributed by atoms with Gasteiger partial charge in [0.25, 0.3) is 5.91 Å². The molecule has 1 atom stereocenters. The fourth-order valence-corrected chi connectivity index (χ4v) is 2.73. The first kappa shape index (κ1) is 15.9. The summed E-state index contributed by atoms with van der Waals surface area (Å²) in [6, 6.07) is 9.93. The van der Waals surface area contributed by atoms with Crippen LogP contribution in [0.4, 0.5) is 5.69 Å². The van der Waals surface area contributed by atoms with Crippen molar-refractivity contribution >= 4 is 17.5 Å². The zero-order valence-corrected chi connectivity index (χ0v) is 13.5. The maximum atomic E-state index is 12.5. The van der Waals surface area contributed by atoms with Gasteiger partial charge in [0.05, 0.1) is 7.11 Å². The van der Waals surface area contributed by atoms with Crippen LogP contribution < -0.4 is 20.5 Å². The van der Waals surface area contributed by atoms with Crippen LogP contribution in [0, 0.1) is 0 Å². The van der Waals surface area contributed by atoms with Crippen LogP contribution >= 0.6 is 0 Å². The quantitative estimate of drug-likeness (QED) is 0.902. The summed E-state index contributed by atoms with van der Waals surface area (Å²) in [5, 5.41) is 2.76. The van der Waals surface area contributed by atoms with E-state index in [1.807, 2.05) is 6.92 Å². The molecule has 124 valence electrons. The SMILES string of the molecule is COc1cc(C(=O)Nc2cccc(C(N)=O)c2)cc2c1OC(C)C2. The van der Waals surface area contributed by atoms with Gasteiger partial charge in [0, 0.05) is 28.8 Å². The molecule has 0 aromatic heterocycles. The predicted octanol–water partition coefficient (Wildman–Crippen LogP) is 2.37. The van der Waals surface area contributed by atoms with E-state index in [9.17, 15) is 9.59 Å². The van der Waals surface area contributed by atoms with Crippen LogP contribution in [0.2, 0.25) is 0 Å². The van der Waals surface area contributed by atoms with E-state index < -0.39 is 5.91 Å². The first-order valence-electron chi connectivity index (χ1n) is 7.56. The number of hydrogen-bond acceptors (Lipinski definition) is 4. The van der Waals surface area contributed by atoms with Crippen LogP contribution in [-0.2, 0) is 6.42 Å². The van der Waals surface area contributed by atoms with Crippen molar-refractivity contribution in [2.75, 3.05) is 12.4 Å². The maximum Gasteiger partial charge on any atom is 0.255 e. The summed E-state index contributed by atoms with van der Waals surface area (Å²) in [4.78, 5) is 23.8. The molecule has 2 aromatic carbocycles. The van der Waals surface area contributed by atoms with Crippen LogP contribution in [0.15, 0.2) is 36.4 Å². The second kappa shape index (κ2) is 6.23. The molecule has 0 bridgehead atoms. The van der Waals surface area contributed by atoms with Crippen molar-refractivity contribution in [2.45, 2.75) is 19.4 Å². The van der Waals surface area contributed by atoms with Gasteiger partial charge in [0.15, 0.2) is 11.5 Å². The molecule has 1 aliphatic heterocycles. The van der Waals surface area contributed by atoms with Crippen molar-refractivity contribution < 1.29 is 19.1 Å². The summed E-state index contributed by atoms with van der Waals surface area (Å²) in [7, 11) is 1.54. The Hall–Kier alpha value is -3.02. The molecule has 1 aliphatic rings. The number of ether oxygens (including phenoxy) is 2. The molecule has 2 aromatic rings. The van der Waals surface area contributed by atoms with E-state index >= 15 is 0 Å². The number of nitrogens with two attached hydrogens (primary N) is 1. The van der Waals surface area contributed by atoms with Gasteiger partial charge >= 0.3 is 0 Å². The summed E-state index contributed by atoms with van der Waals surface area (Å²) in [5.74, 6) is 0.388. The van der Waals surface area contributed by atoms with Gasteiger partial charge in [-0.05, 0) is 37.3 Å². The van der Waals surface area contributed by atoms with Crippen LogP contribution in [0.5, 0.6) is 11.5 Å². The Bertz CT molecular complexity index is 817. The minimum atomic E-state index is -0.545. The van der Waals surface area contributed by atoms with Gasteiger partial charge in [-0.2, -0.15) is 0 Å². The lowest BCUT2D eigenvalue weighted by Gasteiger charge is -2.11. The van der Waals surface area contributed by atoms with Gasteiger partial charge in [-0.3, -0.25) is 9.59 Å². The number of nitrogens with one attached hydrogen (secondary N) is 1. The highest BCUT2D eigenvalue weighted by atomic mass is 16.5. The molecule has 0 saturated heterocycles. The number of rotatable bonds is 4. The van der Waals surface area contributed by atoms with Crippen LogP contribution in [0.3, 0.4) is 0 Å². The lowest BCUT2D eigenvalue weighted by molar-refractivity contribution is 0.0996. The Morgan fingerprint density at radius 2 is 2.04 bits per heavy atom. The van der Waals surface area contributed by atoms with Crippen molar-refractivity contribution in [3.63, 3.8) is 0 Å². The Morgan fingerprint density at radius 3 is 2.75 bits per heavy atom. The van der Waals surface area contributed by atoms with Crippen molar-refractivity contribution in [1.29, 1.82) is 0 Å². The largest absolute Gasteiger partial charge is 0.493 e. The topological polar surface area (TPSA) is 90.6 Å². The third-order valence-corrected chi connectivity index (χ3v) is 3.85. The number of carbonyl (C=O) groups excluding carboxylic acids is 2. The highest BCUT2D eigenvalue weighted by molar-refractivity contribution is 6.05. The number of hydrogen-bond donors (Lipinski definition) is 2. The minimum absolute atomic E-state index is 0.0551. The molecule has 3 N–H and O–H groups in total. The van der Waals surface area contributed by atoms with Crippen molar-refractivity contribution in [3.05, 3.63) is 53.1 Å². The minimum Gasteiger partial charge on any atom is -0.493 e. The maximum absolute atomic E-state index is 12.5. The van der Waals surface area contributed by atoms with Crippen LogP contribution in [0.1, 0.15) is 33.2 Å². The van der Waals surface area contributed by atoms with E-state index in [1.54, 1.807) is 37.4 Å². The lowest BCUT2D eigenvalue weighted by Crippen LogP contribution is -2.14. The number of fused-ring (bicyclic) bond motifs is 1. The second-order valence-corrected chi connectivity index (χ2v) is 5.70. The lowest BCUT2D eigenvalue weighted by atomic mass is 10.1. The van der Waals surface area contributed by atoms with Crippen LogP contribution in [-0.4, -0.2) is 25.0 Å². The van der Waals surface area contributed by atoms with Crippen molar-refractivity contribution in [2.24, 2.45) is 5.73 Å². The molecule has 24 heavy (non-hydrogen) atoms. The molecule has 1 unspecified atom stereocenters. The zero-order valence-electron chi connectivity index (χ0n) is 13.5. The smallest absolute Gasteiger partial charge is 0.255 e. The Kier molecular flexibility index (Phi) is 4.12. The average molecular weight is 326 g/mol. The molecule has 0 spiro atoms. The second-order valence-electron chi connectivity index (χ2n) is 5.70. The third kappa shape index (κ3) is 3.03. The number of primary amides is 1. The fraction of sp³-hybridized carbons (Fsp3) is 0.222. The summed E-state index contributed by atoms with van der Waals surface area (Å²) in [6.45, 7) is 1.97. The molecular formula is C18H18N2O4. The highest BCUT2D eigenvalue weighted by Gasteiger charge is 2.25. The van der Waals surface area contributed by atoms with E-state index in [2.05, 4.69) is 5.32 Å². The Morgan fingerprint density at radius 1 is 1.25 bits per heavy atom. The standard InChI is InChI=1S/C18H18N2O4/c1-10-6-12-7-13(9-15(23-2)16(12)24-10)18(22)20-14-5-3-4-11(8-14)17(19)21/h3-5,7-10H,6H2,1-2H3,(H2,19,21)(H,20,22). The van der Waals surface area contributed by atoms with E-state index in [0.29, 0.717) is 28.3 Å². The van der Waals surface area contributed by atoms with Crippen LogP contribution in [0.25, 0.3) is 0 Å². The first-order chi connectivity index (χ1) is 11.5. The molecule has 1 heterocycles. The van der Waals surface area contributed by atoms with Gasteiger partial charge in [-0.15, -0.1) is 0 Å². The summed E-state index contributed by atoms with van der Waals surface area (Å²) < 4.78 is 11.0. The highest BCUT2D eigenvalue weighted by Crippen LogP contribution is 2.39. The summed E-state index contributed by atoms with van der Waals surface area (Å²) in [5.41, 5.74) is 7.50. The summed E-state index contributed by atoms with van der Waals surface area (Å²) in [6.07, 6.45) is 0.781. The van der Waals surface area contributed by atoms with Crippen molar-refractivity contribution in [1.82, 2.24) is 0 Å². The Labute approximate surface area is 139 Å². The van der Waals surface area contributed by atoms with Gasteiger partial charge in [0.1, 0.15) is 6.10 Å². The molecular weight excluding hydrogens is 308 g/mol. The molecule has 6 nitrogen and oxygen atoms in total. The van der Waals surface area contributed by atoms with E-state index in [0.717, 1.165) is 12.0 Å². The fourth-order valence-electron chi connectivity index (χ4n) is 2.73. The molecule has 3 rings (SSSR count). The first-order valence-corrected chi connectivity index (χ1v) is 7.56. The Balaban J connectivity index is 1.87. The molecule has 0 fully saturated rings. The molecule has 0 saturated carbocycles. The van der Waals surface area contributed by atoms with Gasteiger partial charge in [0.2, 0.25) is 5.91 Å². The molecule has 6 heteroatoms.